The van der Waals surface area contributed by atoms with E-state index in [0.29, 0.717) is 6.61 Å². The maximum Gasteiger partial charge on any atom is 0.235 e. The third-order valence-electron chi connectivity index (χ3n) is 3.37. The lowest BCUT2D eigenvalue weighted by Gasteiger charge is -2.23. The van der Waals surface area contributed by atoms with E-state index in [1.54, 1.807) is 6.08 Å². The Balaban J connectivity index is 2.36. The Hall–Kier alpha value is -1.60. The van der Waals surface area contributed by atoms with Crippen LogP contribution in [0.5, 0.6) is 5.75 Å². The van der Waals surface area contributed by atoms with Crippen LogP contribution in [0, 0.1) is 0 Å². The summed E-state index contributed by atoms with van der Waals surface area (Å²) in [5.41, 5.74) is 0.721. The van der Waals surface area contributed by atoms with Gasteiger partial charge in [0.1, 0.15) is 5.75 Å². The van der Waals surface area contributed by atoms with Gasteiger partial charge in [0.25, 0.3) is 0 Å². The van der Waals surface area contributed by atoms with E-state index in [4.69, 9.17) is 4.74 Å². The van der Waals surface area contributed by atoms with Gasteiger partial charge in [0, 0.05) is 0 Å². The highest BCUT2D eigenvalue weighted by atomic mass is 16.5. The molecule has 0 amide bonds. The maximum absolute atomic E-state index is 10.6. The van der Waals surface area contributed by atoms with Gasteiger partial charge in [-0.2, -0.15) is 4.99 Å². The summed E-state index contributed by atoms with van der Waals surface area (Å²) in [5.74, 6) is 0.845. The highest BCUT2D eigenvalue weighted by Crippen LogP contribution is 2.42. The highest BCUT2D eigenvalue weighted by Gasteiger charge is 2.35. The molecule has 0 radical (unpaired) electrons. The van der Waals surface area contributed by atoms with Gasteiger partial charge in [-0.05, 0) is 37.5 Å². The Morgan fingerprint density at radius 3 is 2.82 bits per heavy atom. The Bertz CT molecular complexity index is 430. The minimum Gasteiger partial charge on any atom is -0.494 e. The quantitative estimate of drug-likeness (QED) is 0.589. The van der Waals surface area contributed by atoms with Crippen molar-refractivity contribution < 1.29 is 9.53 Å². The van der Waals surface area contributed by atoms with Crippen molar-refractivity contribution in [3.05, 3.63) is 29.8 Å². The summed E-state index contributed by atoms with van der Waals surface area (Å²) in [7, 11) is 0. The molecule has 0 saturated heterocycles. The SMILES string of the molecule is CCOc1cccc(C2(N=C=O)CCCC2)c1. The molecule has 0 aliphatic heterocycles. The summed E-state index contributed by atoms with van der Waals surface area (Å²) in [6, 6.07) is 7.91. The van der Waals surface area contributed by atoms with Crippen LogP contribution in [-0.4, -0.2) is 12.7 Å². The van der Waals surface area contributed by atoms with E-state index in [9.17, 15) is 4.79 Å². The summed E-state index contributed by atoms with van der Waals surface area (Å²) in [4.78, 5) is 14.7. The van der Waals surface area contributed by atoms with Crippen LogP contribution in [0.15, 0.2) is 29.3 Å². The zero-order valence-corrected chi connectivity index (χ0v) is 10.1. The first-order valence-electron chi connectivity index (χ1n) is 6.13. The van der Waals surface area contributed by atoms with E-state index in [1.165, 1.54) is 0 Å². The van der Waals surface area contributed by atoms with Crippen LogP contribution in [-0.2, 0) is 10.3 Å². The average molecular weight is 231 g/mol. The van der Waals surface area contributed by atoms with Gasteiger partial charge in [0.2, 0.25) is 6.08 Å². The molecule has 0 atom stereocenters. The zero-order chi connectivity index (χ0) is 12.1. The van der Waals surface area contributed by atoms with Gasteiger partial charge in [-0.3, -0.25) is 0 Å². The molecule has 1 fully saturated rings. The molecule has 0 N–H and O–H groups in total. The second-order valence-corrected chi connectivity index (χ2v) is 4.40. The van der Waals surface area contributed by atoms with Crippen molar-refractivity contribution in [1.29, 1.82) is 0 Å². The van der Waals surface area contributed by atoms with Gasteiger partial charge < -0.3 is 4.74 Å². The highest BCUT2D eigenvalue weighted by molar-refractivity contribution is 5.41. The largest absolute Gasteiger partial charge is 0.494 e. The molecular weight excluding hydrogens is 214 g/mol. The third kappa shape index (κ3) is 2.40. The van der Waals surface area contributed by atoms with Crippen molar-refractivity contribution >= 4 is 6.08 Å². The average Bonchev–Trinajstić information content (AvgIpc) is 2.80. The fourth-order valence-corrected chi connectivity index (χ4v) is 2.55. The van der Waals surface area contributed by atoms with Crippen LogP contribution >= 0.6 is 0 Å². The van der Waals surface area contributed by atoms with Gasteiger partial charge >= 0.3 is 0 Å². The Morgan fingerprint density at radius 1 is 1.41 bits per heavy atom. The number of isocyanates is 1. The molecule has 3 heteroatoms. The molecule has 3 nitrogen and oxygen atoms in total. The summed E-state index contributed by atoms with van der Waals surface area (Å²) < 4.78 is 5.49. The minimum absolute atomic E-state index is 0.352. The first kappa shape index (κ1) is 11.9. The number of carbonyl (C=O) groups excluding carboxylic acids is 1. The van der Waals surface area contributed by atoms with Crippen molar-refractivity contribution in [2.75, 3.05) is 6.61 Å². The number of rotatable bonds is 4. The van der Waals surface area contributed by atoms with Crippen LogP contribution in [0.4, 0.5) is 0 Å². The van der Waals surface area contributed by atoms with Crippen molar-refractivity contribution in [1.82, 2.24) is 0 Å². The van der Waals surface area contributed by atoms with Crippen molar-refractivity contribution in [3.8, 4) is 5.75 Å². The van der Waals surface area contributed by atoms with Crippen LogP contribution < -0.4 is 4.74 Å². The summed E-state index contributed by atoms with van der Waals surface area (Å²) in [6.45, 7) is 2.61. The van der Waals surface area contributed by atoms with Crippen LogP contribution in [0.3, 0.4) is 0 Å². The molecule has 1 aliphatic rings. The van der Waals surface area contributed by atoms with Crippen LogP contribution in [0.25, 0.3) is 0 Å². The number of hydrogen-bond donors (Lipinski definition) is 0. The molecule has 1 aliphatic carbocycles. The van der Waals surface area contributed by atoms with Crippen LogP contribution in [0.1, 0.15) is 38.2 Å². The van der Waals surface area contributed by atoms with E-state index in [1.807, 2.05) is 31.2 Å². The maximum atomic E-state index is 10.6. The number of aliphatic imine (C=N–C) groups is 1. The van der Waals surface area contributed by atoms with Crippen LogP contribution in [0.2, 0.25) is 0 Å². The van der Waals surface area contributed by atoms with E-state index in [-0.39, 0.29) is 5.54 Å². The summed E-state index contributed by atoms with van der Waals surface area (Å²) >= 11 is 0. The van der Waals surface area contributed by atoms with E-state index in [0.717, 1.165) is 37.0 Å². The number of benzene rings is 1. The molecule has 0 spiro atoms. The molecule has 0 aromatic heterocycles. The fraction of sp³-hybridized carbons (Fsp3) is 0.500. The first-order valence-corrected chi connectivity index (χ1v) is 6.13. The lowest BCUT2D eigenvalue weighted by molar-refractivity contribution is 0.338. The second kappa shape index (κ2) is 5.15. The molecule has 0 heterocycles. The predicted molar refractivity (Wildman–Crippen MR) is 65.9 cm³/mol. The number of ether oxygens (including phenoxy) is 1. The van der Waals surface area contributed by atoms with Gasteiger partial charge in [-0.15, -0.1) is 0 Å². The molecule has 0 bridgehead atoms. The molecule has 1 aromatic carbocycles. The Kier molecular flexibility index (Phi) is 3.60. The monoisotopic (exact) mass is 231 g/mol. The second-order valence-electron chi connectivity index (χ2n) is 4.40. The standard InChI is InChI=1S/C14H17NO2/c1-2-17-13-7-5-6-12(10-13)14(15-11-16)8-3-4-9-14/h5-7,10H,2-4,8-9H2,1H3. The molecule has 0 unspecified atom stereocenters. The Morgan fingerprint density at radius 2 is 2.18 bits per heavy atom. The van der Waals surface area contributed by atoms with Gasteiger partial charge in [-0.1, -0.05) is 25.0 Å². The van der Waals surface area contributed by atoms with Crippen molar-refractivity contribution in [2.24, 2.45) is 4.99 Å². The van der Waals surface area contributed by atoms with E-state index >= 15 is 0 Å². The molecule has 1 saturated carbocycles. The summed E-state index contributed by atoms with van der Waals surface area (Å²) in [5, 5.41) is 0. The Labute approximate surface area is 102 Å². The van der Waals surface area contributed by atoms with Gasteiger partial charge in [0.05, 0.1) is 12.1 Å². The van der Waals surface area contributed by atoms with E-state index < -0.39 is 0 Å². The molecule has 17 heavy (non-hydrogen) atoms. The normalized spacial score (nSPS) is 17.5. The summed E-state index contributed by atoms with van der Waals surface area (Å²) in [6.07, 6.45) is 5.82. The molecule has 2 rings (SSSR count). The minimum atomic E-state index is -0.352. The first-order chi connectivity index (χ1) is 8.30. The van der Waals surface area contributed by atoms with Crippen molar-refractivity contribution in [2.45, 2.75) is 38.1 Å². The zero-order valence-electron chi connectivity index (χ0n) is 10.1. The predicted octanol–water partition coefficient (Wildman–Crippen LogP) is 3.19. The van der Waals surface area contributed by atoms with Gasteiger partial charge in [0.15, 0.2) is 0 Å². The molecular formula is C14H17NO2. The smallest absolute Gasteiger partial charge is 0.235 e. The molecule has 90 valence electrons. The van der Waals surface area contributed by atoms with Gasteiger partial charge in [-0.25, -0.2) is 4.79 Å². The molecule has 1 aromatic rings. The van der Waals surface area contributed by atoms with Crippen molar-refractivity contribution in [3.63, 3.8) is 0 Å². The third-order valence-corrected chi connectivity index (χ3v) is 3.37. The number of nitrogens with zero attached hydrogens (tertiary/aromatic N) is 1. The topological polar surface area (TPSA) is 38.7 Å². The van der Waals surface area contributed by atoms with E-state index in [2.05, 4.69) is 4.99 Å². The number of hydrogen-bond acceptors (Lipinski definition) is 3. The lowest BCUT2D eigenvalue weighted by atomic mass is 9.89. The lowest BCUT2D eigenvalue weighted by Crippen LogP contribution is -2.18. The fourth-order valence-electron chi connectivity index (χ4n) is 2.55.